The van der Waals surface area contributed by atoms with E-state index in [-0.39, 0.29) is 5.91 Å². The van der Waals surface area contributed by atoms with E-state index in [9.17, 15) is 4.79 Å². The Morgan fingerprint density at radius 1 is 1.18 bits per heavy atom. The van der Waals surface area contributed by atoms with Gasteiger partial charge in [0.15, 0.2) is 0 Å². The Labute approximate surface area is 134 Å². The number of hydrogen-bond donors (Lipinski definition) is 1. The highest BCUT2D eigenvalue weighted by Gasteiger charge is 2.12. The minimum absolute atomic E-state index is 0.193. The average molecular weight is 300 g/mol. The van der Waals surface area contributed by atoms with Gasteiger partial charge in [0.2, 0.25) is 5.91 Å². The predicted molar refractivity (Wildman–Crippen MR) is 93.1 cm³/mol. The normalized spacial score (nSPS) is 14.5. The molecule has 0 aliphatic heterocycles. The van der Waals surface area contributed by atoms with Crippen molar-refractivity contribution in [3.63, 3.8) is 0 Å². The van der Waals surface area contributed by atoms with Crippen LogP contribution in [0.25, 0.3) is 0 Å². The minimum atomic E-state index is 0.193. The number of nitrogens with zero attached hydrogens (tertiary/aromatic N) is 1. The van der Waals surface area contributed by atoms with Crippen LogP contribution in [-0.2, 0) is 4.79 Å². The molecule has 0 fully saturated rings. The molecule has 1 aliphatic carbocycles. The second-order valence-electron chi connectivity index (χ2n) is 5.83. The number of nitrogens with one attached hydrogen (secondary N) is 1. The molecule has 1 aliphatic rings. The number of rotatable bonds is 8. The van der Waals surface area contributed by atoms with Crippen LogP contribution in [0.4, 0.5) is 5.69 Å². The summed E-state index contributed by atoms with van der Waals surface area (Å²) in [6.07, 6.45) is 9.27. The summed E-state index contributed by atoms with van der Waals surface area (Å²) in [6, 6.07) is 9.90. The molecule has 0 saturated carbocycles. The topological polar surface area (TPSA) is 32.3 Å². The number of para-hydroxylation sites is 1. The van der Waals surface area contributed by atoms with E-state index in [1.54, 1.807) is 5.57 Å². The lowest BCUT2D eigenvalue weighted by Gasteiger charge is -2.21. The molecule has 2 rings (SSSR count). The zero-order chi connectivity index (χ0) is 15.6. The van der Waals surface area contributed by atoms with Crippen molar-refractivity contribution in [2.24, 2.45) is 0 Å². The lowest BCUT2D eigenvalue weighted by molar-refractivity contribution is -0.118. The summed E-state index contributed by atoms with van der Waals surface area (Å²) in [5, 5.41) is 3.41. The third kappa shape index (κ3) is 5.30. The molecular weight excluding hydrogens is 272 g/mol. The molecule has 0 radical (unpaired) electrons. The highest BCUT2D eigenvalue weighted by molar-refractivity contribution is 5.93. The molecule has 3 heteroatoms. The fraction of sp³-hybridized carbons (Fsp3) is 0.526. The van der Waals surface area contributed by atoms with Crippen molar-refractivity contribution < 1.29 is 4.79 Å². The van der Waals surface area contributed by atoms with Gasteiger partial charge in [0.25, 0.3) is 0 Å². The molecule has 0 atom stereocenters. The molecule has 0 bridgehead atoms. The Morgan fingerprint density at radius 3 is 2.68 bits per heavy atom. The van der Waals surface area contributed by atoms with Crippen molar-refractivity contribution in [3.05, 3.63) is 42.0 Å². The highest BCUT2D eigenvalue weighted by atomic mass is 16.2. The summed E-state index contributed by atoms with van der Waals surface area (Å²) in [6.45, 7) is 4.48. The summed E-state index contributed by atoms with van der Waals surface area (Å²) >= 11 is 0. The van der Waals surface area contributed by atoms with E-state index in [0.29, 0.717) is 6.42 Å². The fourth-order valence-corrected chi connectivity index (χ4v) is 2.95. The highest BCUT2D eigenvalue weighted by Crippen LogP contribution is 2.19. The molecule has 1 aromatic carbocycles. The standard InChI is InChI=1S/C19H28N2O/c1-2-21(18-11-7-4-8-12-18)19(22)14-16-20-15-13-17-9-5-3-6-10-17/h4,7-9,11-12,20H,2-3,5-6,10,13-16H2,1H3. The molecule has 22 heavy (non-hydrogen) atoms. The van der Waals surface area contributed by atoms with Crippen LogP contribution in [0, 0.1) is 0 Å². The molecule has 1 N–H and O–H groups in total. The predicted octanol–water partition coefficient (Wildman–Crippen LogP) is 3.91. The lowest BCUT2D eigenvalue weighted by Crippen LogP contribution is -2.33. The van der Waals surface area contributed by atoms with Crippen LogP contribution < -0.4 is 10.2 Å². The lowest BCUT2D eigenvalue weighted by atomic mass is 9.97. The van der Waals surface area contributed by atoms with Crippen molar-refractivity contribution in [1.82, 2.24) is 5.32 Å². The Morgan fingerprint density at radius 2 is 2.00 bits per heavy atom. The number of carbonyl (C=O) groups excluding carboxylic acids is 1. The Balaban J connectivity index is 1.67. The molecule has 0 heterocycles. The second-order valence-corrected chi connectivity index (χ2v) is 5.83. The Hall–Kier alpha value is -1.61. The zero-order valence-corrected chi connectivity index (χ0v) is 13.7. The van der Waals surface area contributed by atoms with E-state index in [1.807, 2.05) is 42.2 Å². The molecule has 0 aromatic heterocycles. The maximum absolute atomic E-state index is 12.3. The number of hydrogen-bond acceptors (Lipinski definition) is 2. The molecular formula is C19H28N2O. The van der Waals surface area contributed by atoms with Gasteiger partial charge >= 0.3 is 0 Å². The molecule has 3 nitrogen and oxygen atoms in total. The smallest absolute Gasteiger partial charge is 0.228 e. The molecule has 0 spiro atoms. The van der Waals surface area contributed by atoms with Crippen LogP contribution in [0.2, 0.25) is 0 Å². The third-order valence-electron chi connectivity index (χ3n) is 4.21. The average Bonchev–Trinajstić information content (AvgIpc) is 2.57. The van der Waals surface area contributed by atoms with Crippen LogP contribution in [0.15, 0.2) is 42.0 Å². The first-order valence-corrected chi connectivity index (χ1v) is 8.55. The van der Waals surface area contributed by atoms with Gasteiger partial charge in [0.05, 0.1) is 0 Å². The molecule has 0 unspecified atom stereocenters. The van der Waals surface area contributed by atoms with Gasteiger partial charge < -0.3 is 10.2 Å². The van der Waals surface area contributed by atoms with Gasteiger partial charge in [-0.25, -0.2) is 0 Å². The van der Waals surface area contributed by atoms with Crippen LogP contribution >= 0.6 is 0 Å². The maximum Gasteiger partial charge on any atom is 0.228 e. The third-order valence-corrected chi connectivity index (χ3v) is 4.21. The van der Waals surface area contributed by atoms with E-state index in [4.69, 9.17) is 0 Å². The van der Waals surface area contributed by atoms with Gasteiger partial charge in [0, 0.05) is 25.2 Å². The fourth-order valence-electron chi connectivity index (χ4n) is 2.95. The van der Waals surface area contributed by atoms with E-state index in [0.717, 1.165) is 31.7 Å². The first-order chi connectivity index (χ1) is 10.8. The summed E-state index contributed by atoms with van der Waals surface area (Å²) in [5.74, 6) is 0.193. The van der Waals surface area contributed by atoms with Gasteiger partial charge in [-0.3, -0.25) is 4.79 Å². The second kappa shape index (κ2) is 9.42. The van der Waals surface area contributed by atoms with Gasteiger partial charge in [-0.15, -0.1) is 0 Å². The quantitative estimate of drug-likeness (QED) is 0.583. The zero-order valence-electron chi connectivity index (χ0n) is 13.7. The summed E-state index contributed by atoms with van der Waals surface area (Å²) < 4.78 is 0. The molecule has 1 amide bonds. The molecule has 0 saturated heterocycles. The SMILES string of the molecule is CCN(C(=O)CCNCCC1=CCCCC1)c1ccccc1. The Kier molecular flexibility index (Phi) is 7.17. The van der Waals surface area contributed by atoms with Crippen molar-refractivity contribution in [2.45, 2.75) is 45.4 Å². The van der Waals surface area contributed by atoms with E-state index < -0.39 is 0 Å². The number of amides is 1. The van der Waals surface area contributed by atoms with E-state index in [2.05, 4.69) is 11.4 Å². The molecule has 1 aromatic rings. The van der Waals surface area contributed by atoms with Gasteiger partial charge in [-0.1, -0.05) is 29.8 Å². The van der Waals surface area contributed by atoms with Crippen molar-refractivity contribution in [2.75, 3.05) is 24.5 Å². The summed E-state index contributed by atoms with van der Waals surface area (Å²) in [4.78, 5) is 14.2. The number of carbonyl (C=O) groups is 1. The molecule has 120 valence electrons. The number of anilines is 1. The van der Waals surface area contributed by atoms with E-state index >= 15 is 0 Å². The maximum atomic E-state index is 12.3. The number of benzene rings is 1. The first-order valence-electron chi connectivity index (χ1n) is 8.55. The monoisotopic (exact) mass is 300 g/mol. The largest absolute Gasteiger partial charge is 0.316 e. The van der Waals surface area contributed by atoms with Crippen LogP contribution in [-0.4, -0.2) is 25.5 Å². The summed E-state index contributed by atoms with van der Waals surface area (Å²) in [7, 11) is 0. The van der Waals surface area contributed by atoms with Crippen LogP contribution in [0.3, 0.4) is 0 Å². The van der Waals surface area contributed by atoms with Crippen molar-refractivity contribution in [3.8, 4) is 0 Å². The van der Waals surface area contributed by atoms with Crippen molar-refractivity contribution >= 4 is 11.6 Å². The van der Waals surface area contributed by atoms with Crippen molar-refractivity contribution in [1.29, 1.82) is 0 Å². The first kappa shape index (κ1) is 16.8. The number of allylic oxidation sites excluding steroid dienone is 1. The summed E-state index contributed by atoms with van der Waals surface area (Å²) in [5.41, 5.74) is 2.58. The van der Waals surface area contributed by atoms with Gasteiger partial charge in [-0.2, -0.15) is 0 Å². The van der Waals surface area contributed by atoms with Crippen LogP contribution in [0.5, 0.6) is 0 Å². The van der Waals surface area contributed by atoms with Gasteiger partial charge in [-0.05, 0) is 57.7 Å². The van der Waals surface area contributed by atoms with Gasteiger partial charge in [0.1, 0.15) is 0 Å². The minimum Gasteiger partial charge on any atom is -0.316 e. The van der Waals surface area contributed by atoms with Crippen LogP contribution in [0.1, 0.15) is 45.4 Å². The van der Waals surface area contributed by atoms with E-state index in [1.165, 1.54) is 25.7 Å². The Bertz CT molecular complexity index is 481.